The maximum absolute atomic E-state index is 13.4. The minimum absolute atomic E-state index is 0.0661. The molecule has 5 atom stereocenters. The average molecular weight is 465 g/mol. The first-order valence-corrected chi connectivity index (χ1v) is 12.7. The summed E-state index contributed by atoms with van der Waals surface area (Å²) in [7, 11) is 0. The molecule has 3 aliphatic rings. The third-order valence-electron chi connectivity index (χ3n) is 9.75. The van der Waals surface area contributed by atoms with E-state index in [4.69, 9.17) is 4.42 Å². The summed E-state index contributed by atoms with van der Waals surface area (Å²) in [6.45, 7) is 14.8. The van der Waals surface area contributed by atoms with Gasteiger partial charge in [-0.25, -0.2) is 4.79 Å². The summed E-state index contributed by atoms with van der Waals surface area (Å²) in [4.78, 5) is 25.2. The number of rotatable bonds is 3. The van der Waals surface area contributed by atoms with Gasteiger partial charge in [0.25, 0.3) is 0 Å². The summed E-state index contributed by atoms with van der Waals surface area (Å²) in [5.74, 6) is 1.59. The number of aliphatic hydroxyl groups excluding tert-OH is 1. The van der Waals surface area contributed by atoms with E-state index in [0.29, 0.717) is 29.6 Å². The lowest BCUT2D eigenvalue weighted by Gasteiger charge is -2.62. The van der Waals surface area contributed by atoms with E-state index in [1.165, 1.54) is 0 Å². The van der Waals surface area contributed by atoms with Gasteiger partial charge in [0, 0.05) is 23.0 Å². The molecule has 4 rings (SSSR count). The fourth-order valence-electron chi connectivity index (χ4n) is 7.77. The Balaban J connectivity index is 1.64. The van der Waals surface area contributed by atoms with E-state index in [9.17, 15) is 14.7 Å². The molecule has 0 radical (unpaired) electrons. The number of aryl methyl sites for hydroxylation is 1. The fourth-order valence-corrected chi connectivity index (χ4v) is 7.77. The molecule has 0 saturated heterocycles. The van der Waals surface area contributed by atoms with Crippen LogP contribution in [-0.4, -0.2) is 17.0 Å². The third-order valence-corrected chi connectivity index (χ3v) is 9.75. The normalized spacial score (nSPS) is 37.0. The molecule has 1 aromatic rings. The highest BCUT2D eigenvalue weighted by molar-refractivity contribution is 6.00. The predicted molar refractivity (Wildman–Crippen MR) is 136 cm³/mol. The molecule has 0 bridgehead atoms. The number of fused-ring (bicyclic) bond motifs is 3. The third kappa shape index (κ3) is 3.79. The summed E-state index contributed by atoms with van der Waals surface area (Å²) in [6, 6.07) is 3.59. The molecule has 0 aromatic carbocycles. The van der Waals surface area contributed by atoms with Gasteiger partial charge in [-0.3, -0.25) is 4.79 Å². The first-order chi connectivity index (χ1) is 15.8. The van der Waals surface area contributed by atoms with E-state index >= 15 is 0 Å². The van der Waals surface area contributed by atoms with Crippen molar-refractivity contribution < 1.29 is 14.3 Å². The van der Waals surface area contributed by atoms with Crippen molar-refractivity contribution in [3.8, 4) is 0 Å². The molecule has 0 spiro atoms. The van der Waals surface area contributed by atoms with Crippen molar-refractivity contribution >= 4 is 11.4 Å². The second-order valence-corrected chi connectivity index (χ2v) is 12.1. The number of hydrogen-bond donors (Lipinski definition) is 1. The van der Waals surface area contributed by atoms with Gasteiger partial charge in [0.15, 0.2) is 5.78 Å². The van der Waals surface area contributed by atoms with Crippen molar-refractivity contribution in [2.24, 2.45) is 28.1 Å². The molecule has 1 heterocycles. The second kappa shape index (κ2) is 8.48. The lowest BCUT2D eigenvalue weighted by atomic mass is 9.43. The Hall–Kier alpha value is -2.20. The molecule has 0 aliphatic heterocycles. The zero-order chi connectivity index (χ0) is 25.1. The van der Waals surface area contributed by atoms with Crippen LogP contribution in [0.3, 0.4) is 0 Å². The number of carbonyl (C=O) groups excluding carboxylic acids is 1. The van der Waals surface area contributed by atoms with Crippen molar-refractivity contribution in [2.75, 3.05) is 0 Å². The zero-order valence-electron chi connectivity index (χ0n) is 21.8. The van der Waals surface area contributed by atoms with Gasteiger partial charge in [-0.15, -0.1) is 0 Å². The van der Waals surface area contributed by atoms with E-state index in [0.717, 1.165) is 42.4 Å². The minimum Gasteiger partial charge on any atom is -0.423 e. The molecule has 184 valence electrons. The Labute approximate surface area is 203 Å². The Kier molecular flexibility index (Phi) is 6.21. The SMILES string of the molecule is CC(C=C/C=C(\C)c1ccc(C)c(=O)o1)=C1C(=O)C[C@H]2[C@@]3(C)CC[C@H](O)C(C)(C)[C@@H]3CC[C@]12C. The number of aliphatic hydroxyl groups is 1. The Morgan fingerprint density at radius 2 is 1.76 bits per heavy atom. The molecule has 4 nitrogen and oxygen atoms in total. The highest BCUT2D eigenvalue weighted by Gasteiger charge is 2.64. The van der Waals surface area contributed by atoms with Gasteiger partial charge in [-0.05, 0) is 92.4 Å². The highest BCUT2D eigenvalue weighted by Crippen LogP contribution is 2.69. The van der Waals surface area contributed by atoms with Gasteiger partial charge in [-0.2, -0.15) is 0 Å². The maximum Gasteiger partial charge on any atom is 0.339 e. The molecule has 1 N–H and O–H groups in total. The Bertz CT molecular complexity index is 1150. The second-order valence-electron chi connectivity index (χ2n) is 12.1. The van der Waals surface area contributed by atoms with Gasteiger partial charge in [0.2, 0.25) is 0 Å². The monoisotopic (exact) mass is 464 g/mol. The van der Waals surface area contributed by atoms with Gasteiger partial charge in [0.05, 0.1) is 6.10 Å². The predicted octanol–water partition coefficient (Wildman–Crippen LogP) is 6.42. The number of hydrogen-bond acceptors (Lipinski definition) is 4. The van der Waals surface area contributed by atoms with Crippen LogP contribution in [0.1, 0.15) is 85.0 Å². The van der Waals surface area contributed by atoms with Crippen molar-refractivity contribution in [3.63, 3.8) is 0 Å². The fraction of sp³-hybridized carbons (Fsp3) is 0.600. The molecule has 3 fully saturated rings. The van der Waals surface area contributed by atoms with Gasteiger partial charge in [0.1, 0.15) is 5.76 Å². The van der Waals surface area contributed by atoms with Crippen LogP contribution in [-0.2, 0) is 4.79 Å². The van der Waals surface area contributed by atoms with Crippen LogP contribution in [0.2, 0.25) is 0 Å². The van der Waals surface area contributed by atoms with E-state index < -0.39 is 0 Å². The lowest BCUT2D eigenvalue weighted by molar-refractivity contribution is -0.157. The minimum atomic E-state index is -0.314. The lowest BCUT2D eigenvalue weighted by Crippen LogP contribution is -2.57. The van der Waals surface area contributed by atoms with Crippen LogP contribution in [0.4, 0.5) is 0 Å². The molecule has 4 heteroatoms. The number of Topliss-reactive ketones (excluding diaryl/α,β-unsaturated/α-hetero) is 1. The van der Waals surface area contributed by atoms with Crippen LogP contribution in [0.25, 0.3) is 5.57 Å². The number of carbonyl (C=O) groups is 1. The molecule has 3 saturated carbocycles. The van der Waals surface area contributed by atoms with E-state index in [1.807, 2.05) is 31.2 Å². The van der Waals surface area contributed by atoms with Crippen molar-refractivity contribution in [1.82, 2.24) is 0 Å². The highest BCUT2D eigenvalue weighted by atomic mass is 16.4. The molecule has 1 aromatic heterocycles. The largest absolute Gasteiger partial charge is 0.423 e. The molecule has 34 heavy (non-hydrogen) atoms. The van der Waals surface area contributed by atoms with Gasteiger partial charge < -0.3 is 9.52 Å². The zero-order valence-corrected chi connectivity index (χ0v) is 21.8. The molecule has 0 amide bonds. The first kappa shape index (κ1) is 24.9. The van der Waals surface area contributed by atoms with Crippen molar-refractivity contribution in [3.05, 3.63) is 63.3 Å². The van der Waals surface area contributed by atoms with Crippen LogP contribution in [0, 0.1) is 35.0 Å². The first-order valence-electron chi connectivity index (χ1n) is 12.7. The summed E-state index contributed by atoms with van der Waals surface area (Å²) in [5, 5.41) is 10.7. The molecular formula is C30H40O4. The summed E-state index contributed by atoms with van der Waals surface area (Å²) in [6.07, 6.45) is 10.1. The van der Waals surface area contributed by atoms with Crippen LogP contribution < -0.4 is 5.63 Å². The standard InChI is InChI=1S/C30H40O4/c1-18(22-12-11-20(3)27(33)34-22)9-8-10-19(2)26-21(31)17-24-29(6)16-14-25(32)28(4,5)23(29)13-15-30(24,26)7/h8-12,23-25,32H,13-17H2,1-7H3/b10-8?,18-9+,26-19?/t23-,24-,25-,29-,30-/m0/s1. The summed E-state index contributed by atoms with van der Waals surface area (Å²) >= 11 is 0. The van der Waals surface area contributed by atoms with Gasteiger partial charge in [-0.1, -0.05) is 45.9 Å². The number of allylic oxidation sites excluding steroid dienone is 6. The topological polar surface area (TPSA) is 67.5 Å². The summed E-state index contributed by atoms with van der Waals surface area (Å²) in [5.41, 5.74) is 2.98. The number of ketones is 1. The van der Waals surface area contributed by atoms with Crippen LogP contribution >= 0.6 is 0 Å². The average Bonchev–Trinajstić information content (AvgIpc) is 3.04. The van der Waals surface area contributed by atoms with Crippen LogP contribution in [0.15, 0.2) is 50.7 Å². The maximum atomic E-state index is 13.4. The summed E-state index contributed by atoms with van der Waals surface area (Å²) < 4.78 is 5.37. The molecule has 3 aliphatic carbocycles. The van der Waals surface area contributed by atoms with E-state index in [2.05, 4.69) is 34.6 Å². The van der Waals surface area contributed by atoms with E-state index in [-0.39, 0.29) is 33.8 Å². The molecule has 0 unspecified atom stereocenters. The Morgan fingerprint density at radius 1 is 1.06 bits per heavy atom. The Morgan fingerprint density at radius 3 is 2.44 bits per heavy atom. The smallest absolute Gasteiger partial charge is 0.339 e. The molecular weight excluding hydrogens is 424 g/mol. The van der Waals surface area contributed by atoms with Crippen molar-refractivity contribution in [1.29, 1.82) is 0 Å². The van der Waals surface area contributed by atoms with Crippen LogP contribution in [0.5, 0.6) is 0 Å². The quantitative estimate of drug-likeness (QED) is 0.414. The van der Waals surface area contributed by atoms with E-state index in [1.54, 1.807) is 13.0 Å². The van der Waals surface area contributed by atoms with Crippen molar-refractivity contribution in [2.45, 2.75) is 86.7 Å². The van der Waals surface area contributed by atoms with Gasteiger partial charge >= 0.3 is 5.63 Å².